The Morgan fingerprint density at radius 1 is 1.27 bits per heavy atom. The summed E-state index contributed by atoms with van der Waals surface area (Å²) in [5, 5.41) is 0.0926. The summed E-state index contributed by atoms with van der Waals surface area (Å²) in [6.07, 6.45) is 1.58. The molecule has 0 heterocycles. The van der Waals surface area contributed by atoms with E-state index in [0.29, 0.717) is 12.1 Å². The number of hydrogen-bond donors (Lipinski definition) is 0. The zero-order valence-corrected chi connectivity index (χ0v) is 15.3. The molecule has 3 rings (SSSR count). The van der Waals surface area contributed by atoms with E-state index in [1.165, 1.54) is 19.2 Å². The molecule has 0 aliphatic heterocycles. The molecule has 1 amide bonds. The molecule has 0 unspecified atom stereocenters. The van der Waals surface area contributed by atoms with E-state index < -0.39 is 11.8 Å². The number of amides is 1. The minimum atomic E-state index is -0.483. The summed E-state index contributed by atoms with van der Waals surface area (Å²) in [6.45, 7) is 2.36. The van der Waals surface area contributed by atoms with Crippen molar-refractivity contribution >= 4 is 23.5 Å². The number of rotatable bonds is 4. The smallest absolute Gasteiger partial charge is 0.337 e. The Labute approximate surface area is 156 Å². The SMILES string of the molecule is CCN(C(=O)c1ccc(F)cc1Cl)[C@@H]1CCc2ccc(C(=O)OC)cc21. The molecule has 1 aliphatic carbocycles. The zero-order valence-electron chi connectivity index (χ0n) is 14.6. The third-order valence-corrected chi connectivity index (χ3v) is 5.07. The molecule has 0 saturated heterocycles. The quantitative estimate of drug-likeness (QED) is 0.743. The number of fused-ring (bicyclic) bond motifs is 1. The number of aryl methyl sites for hydroxylation is 1. The topological polar surface area (TPSA) is 46.6 Å². The minimum absolute atomic E-state index is 0.0926. The first-order chi connectivity index (χ1) is 12.5. The van der Waals surface area contributed by atoms with Crippen molar-refractivity contribution in [1.29, 1.82) is 0 Å². The fourth-order valence-corrected chi connectivity index (χ4v) is 3.72. The maximum Gasteiger partial charge on any atom is 0.337 e. The highest BCUT2D eigenvalue weighted by Gasteiger charge is 2.32. The Kier molecular flexibility index (Phi) is 5.28. The molecule has 136 valence electrons. The predicted octanol–water partition coefficient (Wildman–Crippen LogP) is 4.42. The van der Waals surface area contributed by atoms with Crippen molar-refractivity contribution in [2.24, 2.45) is 0 Å². The van der Waals surface area contributed by atoms with Gasteiger partial charge in [-0.3, -0.25) is 4.79 Å². The van der Waals surface area contributed by atoms with E-state index in [4.69, 9.17) is 16.3 Å². The standard InChI is InChI=1S/C20H19ClFNO3/c1-3-23(19(24)15-8-7-14(22)11-17(15)21)18-9-6-12-4-5-13(10-16(12)18)20(25)26-2/h4-5,7-8,10-11,18H,3,6,9H2,1-2H3/t18-/m1/s1. The van der Waals surface area contributed by atoms with Gasteiger partial charge in [-0.05, 0) is 61.2 Å². The Bertz CT molecular complexity index is 868. The molecule has 1 aliphatic rings. The van der Waals surface area contributed by atoms with Crippen LogP contribution in [-0.4, -0.2) is 30.4 Å². The first-order valence-electron chi connectivity index (χ1n) is 8.43. The van der Waals surface area contributed by atoms with Crippen molar-refractivity contribution in [3.05, 3.63) is 69.5 Å². The lowest BCUT2D eigenvalue weighted by Crippen LogP contribution is -2.34. The number of benzene rings is 2. The molecule has 2 aromatic carbocycles. The van der Waals surface area contributed by atoms with Crippen molar-refractivity contribution in [1.82, 2.24) is 4.90 Å². The summed E-state index contributed by atoms with van der Waals surface area (Å²) >= 11 is 6.07. The fraction of sp³-hybridized carbons (Fsp3) is 0.300. The van der Waals surface area contributed by atoms with Crippen LogP contribution in [0.1, 0.15) is 51.2 Å². The van der Waals surface area contributed by atoms with Crippen LogP contribution in [0.3, 0.4) is 0 Å². The van der Waals surface area contributed by atoms with E-state index in [1.54, 1.807) is 17.0 Å². The monoisotopic (exact) mass is 375 g/mol. The normalized spacial score (nSPS) is 15.5. The van der Waals surface area contributed by atoms with E-state index in [1.807, 2.05) is 13.0 Å². The van der Waals surface area contributed by atoms with E-state index in [0.717, 1.165) is 30.0 Å². The van der Waals surface area contributed by atoms with Gasteiger partial charge in [0.1, 0.15) is 5.82 Å². The van der Waals surface area contributed by atoms with Crippen molar-refractivity contribution < 1.29 is 18.7 Å². The number of hydrogen-bond acceptors (Lipinski definition) is 3. The maximum atomic E-state index is 13.3. The molecule has 0 radical (unpaired) electrons. The molecule has 0 bridgehead atoms. The van der Waals surface area contributed by atoms with Crippen molar-refractivity contribution in [3.8, 4) is 0 Å². The molecule has 26 heavy (non-hydrogen) atoms. The summed E-state index contributed by atoms with van der Waals surface area (Å²) < 4.78 is 18.1. The second-order valence-corrected chi connectivity index (χ2v) is 6.58. The number of carbonyl (C=O) groups excluding carboxylic acids is 2. The Morgan fingerprint density at radius 3 is 2.69 bits per heavy atom. The first kappa shape index (κ1) is 18.4. The number of ether oxygens (including phenoxy) is 1. The van der Waals surface area contributed by atoms with E-state index in [9.17, 15) is 14.0 Å². The summed E-state index contributed by atoms with van der Waals surface area (Å²) in [5.41, 5.74) is 2.79. The van der Waals surface area contributed by atoms with Gasteiger partial charge in [0.05, 0.1) is 29.3 Å². The number of esters is 1. The molecule has 1 atom stereocenters. The molecule has 0 spiro atoms. The summed E-state index contributed by atoms with van der Waals surface area (Å²) in [6, 6.07) is 9.05. The van der Waals surface area contributed by atoms with Gasteiger partial charge in [0, 0.05) is 6.54 Å². The van der Waals surface area contributed by atoms with Gasteiger partial charge in [-0.2, -0.15) is 0 Å². The second kappa shape index (κ2) is 7.46. The Balaban J connectivity index is 1.95. The lowest BCUT2D eigenvalue weighted by molar-refractivity contribution is 0.0600. The van der Waals surface area contributed by atoms with Gasteiger partial charge in [0.2, 0.25) is 0 Å². The molecule has 0 saturated carbocycles. The van der Waals surface area contributed by atoms with E-state index in [2.05, 4.69) is 0 Å². The number of carbonyl (C=O) groups is 2. The lowest BCUT2D eigenvalue weighted by atomic mass is 10.0. The summed E-state index contributed by atoms with van der Waals surface area (Å²) in [5.74, 6) is -1.14. The van der Waals surface area contributed by atoms with Crippen molar-refractivity contribution in [3.63, 3.8) is 0 Å². The van der Waals surface area contributed by atoms with Crippen LogP contribution in [0.5, 0.6) is 0 Å². The van der Waals surface area contributed by atoms with Crippen molar-refractivity contribution in [2.75, 3.05) is 13.7 Å². The minimum Gasteiger partial charge on any atom is -0.465 e. The van der Waals surface area contributed by atoms with E-state index in [-0.39, 0.29) is 22.5 Å². The highest BCUT2D eigenvalue weighted by Crippen LogP contribution is 2.37. The van der Waals surface area contributed by atoms with Gasteiger partial charge >= 0.3 is 5.97 Å². The van der Waals surface area contributed by atoms with Crippen LogP contribution in [0.15, 0.2) is 36.4 Å². The molecule has 2 aromatic rings. The lowest BCUT2D eigenvalue weighted by Gasteiger charge is -2.29. The van der Waals surface area contributed by atoms with Crippen molar-refractivity contribution in [2.45, 2.75) is 25.8 Å². The van der Waals surface area contributed by atoms with Crippen LogP contribution in [0.4, 0.5) is 4.39 Å². The van der Waals surface area contributed by atoms with Gasteiger partial charge in [0.15, 0.2) is 0 Å². The second-order valence-electron chi connectivity index (χ2n) is 6.17. The van der Waals surface area contributed by atoms with Gasteiger partial charge < -0.3 is 9.64 Å². The molecule has 0 aromatic heterocycles. The maximum absolute atomic E-state index is 13.3. The number of nitrogens with zero attached hydrogens (tertiary/aromatic N) is 1. The summed E-state index contributed by atoms with van der Waals surface area (Å²) in [7, 11) is 1.34. The highest BCUT2D eigenvalue weighted by molar-refractivity contribution is 6.33. The van der Waals surface area contributed by atoms with Crippen LogP contribution in [-0.2, 0) is 11.2 Å². The van der Waals surface area contributed by atoms with Gasteiger partial charge in [0.25, 0.3) is 5.91 Å². The molecule has 0 N–H and O–H groups in total. The van der Waals surface area contributed by atoms with Crippen LogP contribution in [0.25, 0.3) is 0 Å². The summed E-state index contributed by atoms with van der Waals surface area (Å²) in [4.78, 5) is 26.6. The highest BCUT2D eigenvalue weighted by atomic mass is 35.5. The third-order valence-electron chi connectivity index (χ3n) is 4.75. The average molecular weight is 376 g/mol. The molecule has 6 heteroatoms. The van der Waals surface area contributed by atoms with Crippen LogP contribution in [0.2, 0.25) is 5.02 Å². The fourth-order valence-electron chi connectivity index (χ4n) is 3.47. The van der Waals surface area contributed by atoms with Crippen LogP contribution in [0, 0.1) is 5.82 Å². The Morgan fingerprint density at radius 2 is 2.04 bits per heavy atom. The third kappa shape index (κ3) is 3.31. The first-order valence-corrected chi connectivity index (χ1v) is 8.81. The van der Waals surface area contributed by atoms with Gasteiger partial charge in [-0.25, -0.2) is 9.18 Å². The van der Waals surface area contributed by atoms with Crippen LogP contribution < -0.4 is 0 Å². The van der Waals surface area contributed by atoms with Gasteiger partial charge in [-0.1, -0.05) is 17.7 Å². The Hall–Kier alpha value is -2.40. The van der Waals surface area contributed by atoms with E-state index >= 15 is 0 Å². The average Bonchev–Trinajstić information content (AvgIpc) is 3.04. The molecular weight excluding hydrogens is 357 g/mol. The number of methoxy groups -OCH3 is 1. The largest absolute Gasteiger partial charge is 0.465 e. The number of halogens is 2. The molecule has 0 fully saturated rings. The molecular formula is C20H19ClFNO3. The molecule has 4 nitrogen and oxygen atoms in total. The van der Waals surface area contributed by atoms with Crippen LogP contribution >= 0.6 is 11.6 Å². The van der Waals surface area contributed by atoms with Gasteiger partial charge in [-0.15, -0.1) is 0 Å². The predicted molar refractivity (Wildman–Crippen MR) is 97.0 cm³/mol. The zero-order chi connectivity index (χ0) is 18.8.